The lowest BCUT2D eigenvalue weighted by atomic mass is 10.2. The molecule has 88 valence electrons. The van der Waals surface area contributed by atoms with Crippen LogP contribution in [0.3, 0.4) is 0 Å². The second-order valence-corrected chi connectivity index (χ2v) is 4.84. The maximum Gasteiger partial charge on any atom is 0.0313 e. The maximum atomic E-state index is 4.21. The molecule has 0 bridgehead atoms. The lowest BCUT2D eigenvalue weighted by Crippen LogP contribution is -2.30. The summed E-state index contributed by atoms with van der Waals surface area (Å²) in [4.78, 5) is 6.55. The third kappa shape index (κ3) is 3.91. The van der Waals surface area contributed by atoms with Crippen LogP contribution >= 0.6 is 0 Å². The third-order valence-corrected chi connectivity index (χ3v) is 2.89. The maximum absolute atomic E-state index is 4.21. The summed E-state index contributed by atoms with van der Waals surface area (Å²) in [5.74, 6) is 0. The average molecular weight is 219 g/mol. The van der Waals surface area contributed by atoms with Crippen LogP contribution in [0.2, 0.25) is 0 Å². The van der Waals surface area contributed by atoms with Gasteiger partial charge in [-0.1, -0.05) is 6.07 Å². The number of hydrogen-bond donors (Lipinski definition) is 1. The van der Waals surface area contributed by atoms with Crippen molar-refractivity contribution >= 4 is 0 Å². The molecule has 1 aromatic rings. The first-order chi connectivity index (χ1) is 7.74. The zero-order chi connectivity index (χ0) is 11.4. The molecule has 16 heavy (non-hydrogen) atoms. The molecule has 1 aliphatic carbocycles. The standard InChI is InChI=1S/C13H21N3/c1-11-7-12(9-14-8-11)10-16(2)6-5-15-13-3-4-13/h7-9,13,15H,3-6,10H2,1-2H3. The van der Waals surface area contributed by atoms with Crippen molar-refractivity contribution < 1.29 is 0 Å². The molecule has 0 saturated heterocycles. The van der Waals surface area contributed by atoms with Gasteiger partial charge in [0.1, 0.15) is 0 Å². The Kier molecular flexibility index (Phi) is 3.91. The zero-order valence-electron chi connectivity index (χ0n) is 10.2. The van der Waals surface area contributed by atoms with Gasteiger partial charge in [0.2, 0.25) is 0 Å². The molecule has 0 aromatic carbocycles. The van der Waals surface area contributed by atoms with E-state index in [1.807, 2.05) is 12.4 Å². The minimum atomic E-state index is 0.814. The lowest BCUT2D eigenvalue weighted by Gasteiger charge is -2.16. The molecule has 1 heterocycles. The quantitative estimate of drug-likeness (QED) is 0.787. The van der Waals surface area contributed by atoms with E-state index in [2.05, 4.69) is 35.2 Å². The van der Waals surface area contributed by atoms with Crippen LogP contribution in [0.4, 0.5) is 0 Å². The molecule has 1 N–H and O–H groups in total. The molecule has 0 aliphatic heterocycles. The second-order valence-electron chi connectivity index (χ2n) is 4.84. The molecule has 1 aliphatic rings. The Morgan fingerprint density at radius 3 is 2.94 bits per heavy atom. The molecule has 0 radical (unpaired) electrons. The largest absolute Gasteiger partial charge is 0.313 e. The van der Waals surface area contributed by atoms with Crippen molar-refractivity contribution in [1.82, 2.24) is 15.2 Å². The minimum Gasteiger partial charge on any atom is -0.313 e. The molecular weight excluding hydrogens is 198 g/mol. The number of pyridine rings is 1. The summed E-state index contributed by atoms with van der Waals surface area (Å²) in [6.45, 7) is 5.27. The Labute approximate surface area is 97.9 Å². The fourth-order valence-corrected chi connectivity index (χ4v) is 1.84. The SMILES string of the molecule is Cc1cncc(CN(C)CCNC2CC2)c1. The van der Waals surface area contributed by atoms with E-state index in [4.69, 9.17) is 0 Å². The molecular formula is C13H21N3. The van der Waals surface area contributed by atoms with Gasteiger partial charge >= 0.3 is 0 Å². The van der Waals surface area contributed by atoms with E-state index in [-0.39, 0.29) is 0 Å². The van der Waals surface area contributed by atoms with E-state index in [9.17, 15) is 0 Å². The van der Waals surface area contributed by atoms with Crippen LogP contribution in [0.1, 0.15) is 24.0 Å². The van der Waals surface area contributed by atoms with Gasteiger partial charge in [-0.15, -0.1) is 0 Å². The van der Waals surface area contributed by atoms with Gasteiger partial charge in [0, 0.05) is 38.1 Å². The predicted molar refractivity (Wildman–Crippen MR) is 66.3 cm³/mol. The van der Waals surface area contributed by atoms with Crippen molar-refractivity contribution in [3.63, 3.8) is 0 Å². The van der Waals surface area contributed by atoms with Crippen LogP contribution in [0.5, 0.6) is 0 Å². The van der Waals surface area contributed by atoms with E-state index in [1.165, 1.54) is 24.0 Å². The fourth-order valence-electron chi connectivity index (χ4n) is 1.84. The van der Waals surface area contributed by atoms with Crippen LogP contribution in [0.25, 0.3) is 0 Å². The summed E-state index contributed by atoms with van der Waals surface area (Å²) in [6.07, 6.45) is 6.59. The highest BCUT2D eigenvalue weighted by Crippen LogP contribution is 2.18. The van der Waals surface area contributed by atoms with Gasteiger partial charge in [-0.25, -0.2) is 0 Å². The van der Waals surface area contributed by atoms with Crippen LogP contribution in [-0.4, -0.2) is 36.1 Å². The van der Waals surface area contributed by atoms with E-state index in [0.29, 0.717) is 0 Å². The zero-order valence-corrected chi connectivity index (χ0v) is 10.2. The molecule has 2 rings (SSSR count). The Hall–Kier alpha value is -0.930. The molecule has 1 fully saturated rings. The van der Waals surface area contributed by atoms with Crippen LogP contribution in [-0.2, 0) is 6.54 Å². The normalized spacial score (nSPS) is 15.7. The first kappa shape index (κ1) is 11.6. The molecule has 3 heteroatoms. The lowest BCUT2D eigenvalue weighted by molar-refractivity contribution is 0.323. The van der Waals surface area contributed by atoms with E-state index in [0.717, 1.165) is 25.7 Å². The van der Waals surface area contributed by atoms with Crippen molar-refractivity contribution in [2.75, 3.05) is 20.1 Å². The Morgan fingerprint density at radius 1 is 1.44 bits per heavy atom. The number of rotatable bonds is 6. The van der Waals surface area contributed by atoms with Crippen molar-refractivity contribution in [2.24, 2.45) is 0 Å². The first-order valence-corrected chi connectivity index (χ1v) is 6.06. The third-order valence-electron chi connectivity index (χ3n) is 2.89. The van der Waals surface area contributed by atoms with Gasteiger partial charge in [-0.3, -0.25) is 4.98 Å². The molecule has 1 saturated carbocycles. The second kappa shape index (κ2) is 5.41. The summed E-state index contributed by atoms with van der Waals surface area (Å²) in [7, 11) is 2.16. The van der Waals surface area contributed by atoms with Gasteiger partial charge in [0.15, 0.2) is 0 Å². The van der Waals surface area contributed by atoms with Gasteiger partial charge in [0.05, 0.1) is 0 Å². The summed E-state index contributed by atoms with van der Waals surface area (Å²) in [5, 5.41) is 3.53. The van der Waals surface area contributed by atoms with Gasteiger partial charge in [-0.05, 0) is 37.9 Å². The number of hydrogen-bond acceptors (Lipinski definition) is 3. The molecule has 0 unspecified atom stereocenters. The van der Waals surface area contributed by atoms with Gasteiger partial charge < -0.3 is 10.2 Å². The van der Waals surface area contributed by atoms with Crippen LogP contribution < -0.4 is 5.32 Å². The minimum absolute atomic E-state index is 0.814. The first-order valence-electron chi connectivity index (χ1n) is 6.06. The Morgan fingerprint density at radius 2 is 2.25 bits per heavy atom. The highest BCUT2D eigenvalue weighted by Gasteiger charge is 2.19. The molecule has 0 amide bonds. The highest BCUT2D eigenvalue weighted by molar-refractivity contribution is 5.16. The summed E-state index contributed by atoms with van der Waals surface area (Å²) in [6, 6.07) is 3.02. The Balaban J connectivity index is 1.70. The van der Waals surface area contributed by atoms with Gasteiger partial charge in [-0.2, -0.15) is 0 Å². The van der Waals surface area contributed by atoms with Crippen LogP contribution in [0.15, 0.2) is 18.5 Å². The molecule has 0 atom stereocenters. The summed E-state index contributed by atoms with van der Waals surface area (Å²) < 4.78 is 0. The average Bonchev–Trinajstić information content (AvgIpc) is 3.01. The van der Waals surface area contributed by atoms with Gasteiger partial charge in [0.25, 0.3) is 0 Å². The van der Waals surface area contributed by atoms with E-state index in [1.54, 1.807) is 0 Å². The van der Waals surface area contributed by atoms with Crippen molar-refractivity contribution in [2.45, 2.75) is 32.4 Å². The van der Waals surface area contributed by atoms with Crippen molar-refractivity contribution in [1.29, 1.82) is 0 Å². The van der Waals surface area contributed by atoms with E-state index >= 15 is 0 Å². The Bertz CT molecular complexity index is 334. The number of nitrogens with zero attached hydrogens (tertiary/aromatic N) is 2. The summed E-state index contributed by atoms with van der Waals surface area (Å²) in [5.41, 5.74) is 2.54. The molecule has 0 spiro atoms. The van der Waals surface area contributed by atoms with E-state index < -0.39 is 0 Å². The molecule has 3 nitrogen and oxygen atoms in total. The number of likely N-dealkylation sites (N-methyl/N-ethyl adjacent to an activating group) is 1. The molecule has 1 aromatic heterocycles. The van der Waals surface area contributed by atoms with Crippen molar-refractivity contribution in [3.8, 4) is 0 Å². The highest BCUT2D eigenvalue weighted by atomic mass is 15.1. The monoisotopic (exact) mass is 219 g/mol. The van der Waals surface area contributed by atoms with Crippen molar-refractivity contribution in [3.05, 3.63) is 29.6 Å². The smallest absolute Gasteiger partial charge is 0.0313 e. The van der Waals surface area contributed by atoms with Crippen LogP contribution in [0, 0.1) is 6.92 Å². The number of aromatic nitrogens is 1. The summed E-state index contributed by atoms with van der Waals surface area (Å²) >= 11 is 0. The fraction of sp³-hybridized carbons (Fsp3) is 0.615. The topological polar surface area (TPSA) is 28.2 Å². The number of aryl methyl sites for hydroxylation is 1. The predicted octanol–water partition coefficient (Wildman–Crippen LogP) is 1.57. The number of nitrogens with one attached hydrogen (secondary N) is 1.